The Morgan fingerprint density at radius 2 is 2.17 bits per heavy atom. The summed E-state index contributed by atoms with van der Waals surface area (Å²) in [5, 5.41) is 12.0. The number of aromatic nitrogens is 2. The van der Waals surface area contributed by atoms with Crippen molar-refractivity contribution in [2.75, 3.05) is 13.1 Å². The molecule has 7 nitrogen and oxygen atoms in total. The molecule has 1 saturated heterocycles. The molecule has 7 heteroatoms. The number of nitrogens with zero attached hydrogens (tertiary/aromatic N) is 3. The van der Waals surface area contributed by atoms with Crippen LogP contribution in [0.25, 0.3) is 5.65 Å². The SMILES string of the molecule is Cc1cccc2nc(CNC(=O)N3CC(C)CC(C(=O)O)C3)cn12. The van der Waals surface area contributed by atoms with Crippen LogP contribution in [0.4, 0.5) is 4.79 Å². The zero-order valence-electron chi connectivity index (χ0n) is 13.9. The van der Waals surface area contributed by atoms with Gasteiger partial charge in [-0.3, -0.25) is 4.79 Å². The number of carboxylic acids is 1. The molecule has 0 spiro atoms. The van der Waals surface area contributed by atoms with Gasteiger partial charge in [0.15, 0.2) is 0 Å². The summed E-state index contributed by atoms with van der Waals surface area (Å²) >= 11 is 0. The minimum atomic E-state index is -0.838. The number of likely N-dealkylation sites (tertiary alicyclic amines) is 1. The number of rotatable bonds is 3. The standard InChI is InChI=1S/C17H22N4O3/c1-11-6-13(16(22)23)9-20(8-11)17(24)18-7-14-10-21-12(2)4-3-5-15(21)19-14/h3-5,10-11,13H,6-9H2,1-2H3,(H,18,24)(H,22,23). The lowest BCUT2D eigenvalue weighted by Gasteiger charge is -2.34. The van der Waals surface area contributed by atoms with Gasteiger partial charge in [-0.25, -0.2) is 9.78 Å². The number of aryl methyl sites for hydroxylation is 1. The summed E-state index contributed by atoms with van der Waals surface area (Å²) in [5.41, 5.74) is 2.70. The fourth-order valence-electron chi connectivity index (χ4n) is 3.26. The average molecular weight is 330 g/mol. The van der Waals surface area contributed by atoms with Crippen LogP contribution < -0.4 is 5.32 Å². The number of nitrogens with one attached hydrogen (secondary N) is 1. The number of carboxylic acid groups (broad SMARTS) is 1. The Hall–Kier alpha value is -2.57. The number of piperidine rings is 1. The van der Waals surface area contributed by atoms with Crippen molar-refractivity contribution < 1.29 is 14.7 Å². The van der Waals surface area contributed by atoms with Gasteiger partial charge < -0.3 is 19.7 Å². The van der Waals surface area contributed by atoms with E-state index in [0.29, 0.717) is 19.5 Å². The van der Waals surface area contributed by atoms with Crippen LogP contribution in [-0.2, 0) is 11.3 Å². The van der Waals surface area contributed by atoms with Crippen molar-refractivity contribution in [3.63, 3.8) is 0 Å². The molecule has 2 amide bonds. The molecule has 0 saturated carbocycles. The van der Waals surface area contributed by atoms with Crippen LogP contribution in [0.1, 0.15) is 24.7 Å². The highest BCUT2D eigenvalue weighted by atomic mass is 16.4. The van der Waals surface area contributed by atoms with Gasteiger partial charge in [0.05, 0.1) is 18.2 Å². The molecule has 2 N–H and O–H groups in total. The van der Waals surface area contributed by atoms with Crippen LogP contribution in [0, 0.1) is 18.8 Å². The van der Waals surface area contributed by atoms with Crippen molar-refractivity contribution >= 4 is 17.6 Å². The Bertz CT molecular complexity index is 770. The van der Waals surface area contributed by atoms with Gasteiger partial charge in [-0.1, -0.05) is 13.0 Å². The fraction of sp³-hybridized carbons (Fsp3) is 0.471. The maximum Gasteiger partial charge on any atom is 0.317 e. The van der Waals surface area contributed by atoms with E-state index < -0.39 is 11.9 Å². The number of amides is 2. The summed E-state index contributed by atoms with van der Waals surface area (Å²) in [6.07, 6.45) is 2.52. The third kappa shape index (κ3) is 3.34. The molecule has 2 atom stereocenters. The van der Waals surface area contributed by atoms with Crippen molar-refractivity contribution in [2.45, 2.75) is 26.8 Å². The Morgan fingerprint density at radius 1 is 1.38 bits per heavy atom. The molecule has 0 radical (unpaired) electrons. The van der Waals surface area contributed by atoms with Crippen LogP contribution >= 0.6 is 0 Å². The smallest absolute Gasteiger partial charge is 0.317 e. The normalized spacial score (nSPS) is 21.0. The molecule has 1 aliphatic heterocycles. The lowest BCUT2D eigenvalue weighted by molar-refractivity contribution is -0.143. The predicted molar refractivity (Wildman–Crippen MR) is 88.6 cm³/mol. The first-order valence-corrected chi connectivity index (χ1v) is 8.13. The van der Waals surface area contributed by atoms with Gasteiger partial charge in [0.25, 0.3) is 0 Å². The number of pyridine rings is 1. The summed E-state index contributed by atoms with van der Waals surface area (Å²) < 4.78 is 1.98. The highest BCUT2D eigenvalue weighted by Gasteiger charge is 2.31. The minimum Gasteiger partial charge on any atom is -0.481 e. The molecule has 0 aromatic carbocycles. The zero-order valence-corrected chi connectivity index (χ0v) is 13.9. The second kappa shape index (κ2) is 6.51. The first kappa shape index (κ1) is 16.3. The van der Waals surface area contributed by atoms with E-state index in [-0.39, 0.29) is 18.5 Å². The van der Waals surface area contributed by atoms with Crippen LogP contribution in [0.3, 0.4) is 0 Å². The lowest BCUT2D eigenvalue weighted by Crippen LogP contribution is -2.49. The largest absolute Gasteiger partial charge is 0.481 e. The van der Waals surface area contributed by atoms with Crippen LogP contribution in [0.15, 0.2) is 24.4 Å². The zero-order chi connectivity index (χ0) is 17.3. The van der Waals surface area contributed by atoms with Gasteiger partial charge in [0, 0.05) is 25.0 Å². The highest BCUT2D eigenvalue weighted by Crippen LogP contribution is 2.21. The molecular formula is C17H22N4O3. The molecular weight excluding hydrogens is 308 g/mol. The number of carbonyl (C=O) groups is 2. The summed E-state index contributed by atoms with van der Waals surface area (Å²) in [7, 11) is 0. The Labute approximate surface area is 140 Å². The highest BCUT2D eigenvalue weighted by molar-refractivity contribution is 5.76. The van der Waals surface area contributed by atoms with Crippen molar-refractivity contribution in [3.05, 3.63) is 35.8 Å². The number of hydrogen-bond donors (Lipinski definition) is 2. The van der Waals surface area contributed by atoms with Crippen molar-refractivity contribution in [1.82, 2.24) is 19.6 Å². The average Bonchev–Trinajstić information content (AvgIpc) is 2.96. The second-order valence-electron chi connectivity index (χ2n) is 6.57. The first-order valence-electron chi connectivity index (χ1n) is 8.13. The third-order valence-corrected chi connectivity index (χ3v) is 4.46. The topological polar surface area (TPSA) is 86.9 Å². The van der Waals surface area contributed by atoms with Crippen LogP contribution in [-0.4, -0.2) is 44.5 Å². The lowest BCUT2D eigenvalue weighted by atomic mass is 9.91. The van der Waals surface area contributed by atoms with E-state index in [1.807, 2.05) is 42.6 Å². The molecule has 3 rings (SSSR count). The summed E-state index contributed by atoms with van der Waals surface area (Å²) in [6, 6.07) is 5.63. The van der Waals surface area contributed by atoms with E-state index in [9.17, 15) is 14.7 Å². The van der Waals surface area contributed by atoms with Gasteiger partial charge >= 0.3 is 12.0 Å². The second-order valence-corrected chi connectivity index (χ2v) is 6.57. The van der Waals surface area contributed by atoms with Gasteiger partial charge in [-0.15, -0.1) is 0 Å². The summed E-state index contributed by atoms with van der Waals surface area (Å²) in [6.45, 7) is 5.14. The maximum atomic E-state index is 12.4. The molecule has 24 heavy (non-hydrogen) atoms. The molecule has 2 unspecified atom stereocenters. The van der Waals surface area contributed by atoms with E-state index in [4.69, 9.17) is 0 Å². The maximum absolute atomic E-state index is 12.4. The van der Waals surface area contributed by atoms with Crippen LogP contribution in [0.5, 0.6) is 0 Å². The molecule has 0 bridgehead atoms. The number of imidazole rings is 1. The van der Waals surface area contributed by atoms with Crippen molar-refractivity contribution in [3.8, 4) is 0 Å². The molecule has 1 fully saturated rings. The third-order valence-electron chi connectivity index (χ3n) is 4.46. The number of aliphatic carboxylic acids is 1. The fourth-order valence-corrected chi connectivity index (χ4v) is 3.26. The minimum absolute atomic E-state index is 0.184. The summed E-state index contributed by atoms with van der Waals surface area (Å²) in [4.78, 5) is 29.6. The van der Waals surface area contributed by atoms with Crippen LogP contribution in [0.2, 0.25) is 0 Å². The van der Waals surface area contributed by atoms with E-state index in [2.05, 4.69) is 10.3 Å². The van der Waals surface area contributed by atoms with E-state index >= 15 is 0 Å². The van der Waals surface area contributed by atoms with Gasteiger partial charge in [-0.05, 0) is 31.4 Å². The first-order chi connectivity index (χ1) is 11.4. The Balaban J connectivity index is 1.63. The van der Waals surface area contributed by atoms with Crippen molar-refractivity contribution in [2.24, 2.45) is 11.8 Å². The molecule has 0 aliphatic carbocycles. The number of urea groups is 1. The Morgan fingerprint density at radius 3 is 2.88 bits per heavy atom. The molecule has 1 aliphatic rings. The number of carbonyl (C=O) groups excluding carboxylic acids is 1. The van der Waals surface area contributed by atoms with E-state index in [1.165, 1.54) is 0 Å². The van der Waals surface area contributed by atoms with Gasteiger partial charge in [-0.2, -0.15) is 0 Å². The van der Waals surface area contributed by atoms with Crippen molar-refractivity contribution in [1.29, 1.82) is 0 Å². The van der Waals surface area contributed by atoms with E-state index in [1.54, 1.807) is 4.90 Å². The Kier molecular flexibility index (Phi) is 4.42. The van der Waals surface area contributed by atoms with Gasteiger partial charge in [0.1, 0.15) is 5.65 Å². The molecule has 128 valence electrons. The monoisotopic (exact) mass is 330 g/mol. The number of fused-ring (bicyclic) bond motifs is 1. The molecule has 2 aromatic heterocycles. The van der Waals surface area contributed by atoms with Gasteiger partial charge in [0.2, 0.25) is 0 Å². The predicted octanol–water partition coefficient (Wildman–Crippen LogP) is 1.89. The quantitative estimate of drug-likeness (QED) is 0.900. The number of hydrogen-bond acceptors (Lipinski definition) is 3. The molecule has 2 aromatic rings. The van der Waals surface area contributed by atoms with E-state index in [0.717, 1.165) is 17.0 Å². The summed E-state index contributed by atoms with van der Waals surface area (Å²) in [5.74, 6) is -1.14. The molecule has 3 heterocycles.